The summed E-state index contributed by atoms with van der Waals surface area (Å²) >= 11 is 1.71. The molecule has 0 atom stereocenters. The Balaban J connectivity index is 0.00000147. The van der Waals surface area contributed by atoms with E-state index < -0.39 is 0 Å². The van der Waals surface area contributed by atoms with Crippen molar-refractivity contribution in [3.05, 3.63) is 66.2 Å². The number of halogens is 1. The van der Waals surface area contributed by atoms with Crippen LogP contribution in [0.15, 0.2) is 65.8 Å². The molecular formula is C16H15ClN2S. The van der Waals surface area contributed by atoms with Crippen molar-refractivity contribution in [3.8, 4) is 0 Å². The molecule has 0 amide bonds. The number of nitrogens with one attached hydrogen (secondary N) is 1. The van der Waals surface area contributed by atoms with Gasteiger partial charge in [0.15, 0.2) is 5.16 Å². The van der Waals surface area contributed by atoms with Gasteiger partial charge < -0.3 is 4.98 Å². The summed E-state index contributed by atoms with van der Waals surface area (Å²) in [6, 6.07) is 18.4. The maximum atomic E-state index is 4.53. The molecule has 1 aromatic heterocycles. The van der Waals surface area contributed by atoms with Crippen LogP contribution in [-0.2, 0) is 0 Å². The lowest BCUT2D eigenvalue weighted by Gasteiger charge is -1.92. The Morgan fingerprint density at radius 2 is 1.75 bits per heavy atom. The molecule has 2 aromatic carbocycles. The van der Waals surface area contributed by atoms with Crippen LogP contribution in [-0.4, -0.2) is 15.7 Å². The Kier molecular flexibility index (Phi) is 5.27. The number of H-pyrrole nitrogens is 1. The number of hydrogen-bond acceptors (Lipinski definition) is 2. The average Bonchev–Trinajstić information content (AvgIpc) is 2.87. The predicted octanol–water partition coefficient (Wildman–Crippen LogP) is 4.79. The molecule has 0 aliphatic carbocycles. The molecule has 1 heterocycles. The van der Waals surface area contributed by atoms with Gasteiger partial charge in [0, 0.05) is 5.75 Å². The minimum atomic E-state index is 0. The quantitative estimate of drug-likeness (QED) is 0.702. The van der Waals surface area contributed by atoms with E-state index in [0.29, 0.717) is 0 Å². The molecule has 2 nitrogen and oxygen atoms in total. The number of para-hydroxylation sites is 2. The highest BCUT2D eigenvalue weighted by atomic mass is 35.5. The summed E-state index contributed by atoms with van der Waals surface area (Å²) in [6.07, 6.45) is 4.29. The molecule has 4 heteroatoms. The zero-order valence-corrected chi connectivity index (χ0v) is 12.5. The molecule has 3 rings (SSSR count). The van der Waals surface area contributed by atoms with Gasteiger partial charge in [-0.05, 0) is 17.7 Å². The number of aromatic amines is 1. The minimum Gasteiger partial charge on any atom is -0.333 e. The van der Waals surface area contributed by atoms with E-state index in [9.17, 15) is 0 Å². The Bertz CT molecular complexity index is 659. The van der Waals surface area contributed by atoms with Crippen molar-refractivity contribution in [1.82, 2.24) is 9.97 Å². The Hall–Kier alpha value is -1.71. The van der Waals surface area contributed by atoms with Crippen LogP contribution in [0.2, 0.25) is 0 Å². The molecular weight excluding hydrogens is 288 g/mol. The van der Waals surface area contributed by atoms with Crippen molar-refractivity contribution in [3.63, 3.8) is 0 Å². The van der Waals surface area contributed by atoms with E-state index in [1.54, 1.807) is 11.8 Å². The number of fused-ring (bicyclic) bond motifs is 1. The molecule has 3 aromatic rings. The number of aromatic nitrogens is 2. The van der Waals surface area contributed by atoms with Crippen LogP contribution in [0.1, 0.15) is 5.56 Å². The van der Waals surface area contributed by atoms with Gasteiger partial charge in [-0.1, -0.05) is 66.4 Å². The van der Waals surface area contributed by atoms with Gasteiger partial charge in [0.2, 0.25) is 0 Å². The second-order valence-corrected chi connectivity index (χ2v) is 5.19. The molecule has 0 fully saturated rings. The van der Waals surface area contributed by atoms with Gasteiger partial charge in [-0.2, -0.15) is 0 Å². The lowest BCUT2D eigenvalue weighted by atomic mass is 10.2. The summed E-state index contributed by atoms with van der Waals surface area (Å²) in [6.45, 7) is 0. The normalized spacial score (nSPS) is 10.8. The van der Waals surface area contributed by atoms with Crippen LogP contribution in [0, 0.1) is 0 Å². The second kappa shape index (κ2) is 7.17. The third kappa shape index (κ3) is 3.65. The third-order valence-corrected chi connectivity index (χ3v) is 3.62. The topological polar surface area (TPSA) is 28.7 Å². The molecule has 0 aliphatic rings. The predicted molar refractivity (Wildman–Crippen MR) is 89.5 cm³/mol. The van der Waals surface area contributed by atoms with Gasteiger partial charge in [0.05, 0.1) is 11.0 Å². The van der Waals surface area contributed by atoms with Gasteiger partial charge in [0.25, 0.3) is 0 Å². The van der Waals surface area contributed by atoms with Crippen molar-refractivity contribution in [2.45, 2.75) is 5.16 Å². The van der Waals surface area contributed by atoms with Crippen LogP contribution in [0.4, 0.5) is 0 Å². The highest BCUT2D eigenvalue weighted by Crippen LogP contribution is 2.19. The fourth-order valence-electron chi connectivity index (χ4n) is 1.87. The van der Waals surface area contributed by atoms with Crippen LogP contribution < -0.4 is 0 Å². The average molecular weight is 303 g/mol. The van der Waals surface area contributed by atoms with E-state index in [0.717, 1.165) is 21.9 Å². The number of hydrogen-bond donors (Lipinski definition) is 1. The number of nitrogens with zero attached hydrogens (tertiary/aromatic N) is 1. The van der Waals surface area contributed by atoms with Crippen molar-refractivity contribution in [2.75, 3.05) is 5.75 Å². The molecule has 20 heavy (non-hydrogen) atoms. The van der Waals surface area contributed by atoms with Crippen LogP contribution >= 0.6 is 24.2 Å². The number of imidazole rings is 1. The Morgan fingerprint density at radius 3 is 2.55 bits per heavy atom. The first-order valence-electron chi connectivity index (χ1n) is 6.21. The smallest absolute Gasteiger partial charge is 0.166 e. The van der Waals surface area contributed by atoms with E-state index in [4.69, 9.17) is 0 Å². The van der Waals surface area contributed by atoms with E-state index in [2.05, 4.69) is 34.3 Å². The Labute approximate surface area is 128 Å². The maximum absolute atomic E-state index is 4.53. The summed E-state index contributed by atoms with van der Waals surface area (Å²) in [4.78, 5) is 7.84. The van der Waals surface area contributed by atoms with Gasteiger partial charge in [0.1, 0.15) is 0 Å². The van der Waals surface area contributed by atoms with Crippen molar-refractivity contribution in [2.24, 2.45) is 0 Å². The van der Waals surface area contributed by atoms with Crippen LogP contribution in [0.5, 0.6) is 0 Å². The molecule has 0 spiro atoms. The van der Waals surface area contributed by atoms with Gasteiger partial charge in [-0.25, -0.2) is 4.98 Å². The highest BCUT2D eigenvalue weighted by molar-refractivity contribution is 7.99. The van der Waals surface area contributed by atoms with Crippen molar-refractivity contribution < 1.29 is 0 Å². The molecule has 0 saturated heterocycles. The lowest BCUT2D eigenvalue weighted by Crippen LogP contribution is -1.76. The summed E-state index contributed by atoms with van der Waals surface area (Å²) < 4.78 is 0. The second-order valence-electron chi connectivity index (χ2n) is 4.18. The standard InChI is InChI=1S/C16H14N2S.ClH/c1-2-7-13(8-3-1)9-6-12-19-16-17-14-10-4-5-11-15(14)18-16;/h1-11H,12H2,(H,17,18);1H. The fourth-order valence-corrected chi connectivity index (χ4v) is 2.57. The van der Waals surface area contributed by atoms with E-state index in [-0.39, 0.29) is 12.4 Å². The molecule has 0 bridgehead atoms. The van der Waals surface area contributed by atoms with E-state index in [1.165, 1.54) is 5.56 Å². The first-order valence-corrected chi connectivity index (χ1v) is 7.19. The zero-order valence-electron chi connectivity index (χ0n) is 10.8. The SMILES string of the molecule is C(=Cc1ccccc1)CSc1nc2ccccc2[nH]1.Cl. The van der Waals surface area contributed by atoms with E-state index >= 15 is 0 Å². The molecule has 0 unspecified atom stereocenters. The largest absolute Gasteiger partial charge is 0.333 e. The number of rotatable bonds is 4. The lowest BCUT2D eigenvalue weighted by molar-refractivity contribution is 1.08. The summed E-state index contributed by atoms with van der Waals surface area (Å²) in [5.74, 6) is 0.911. The maximum Gasteiger partial charge on any atom is 0.166 e. The minimum absolute atomic E-state index is 0. The molecule has 0 saturated carbocycles. The third-order valence-electron chi connectivity index (χ3n) is 2.79. The fraction of sp³-hybridized carbons (Fsp3) is 0.0625. The summed E-state index contributed by atoms with van der Waals surface area (Å²) in [5.41, 5.74) is 3.35. The van der Waals surface area contributed by atoms with Crippen molar-refractivity contribution >= 4 is 41.3 Å². The molecule has 1 N–H and O–H groups in total. The highest BCUT2D eigenvalue weighted by Gasteiger charge is 2.00. The molecule has 0 aliphatic heterocycles. The number of thioether (sulfide) groups is 1. The van der Waals surface area contributed by atoms with Gasteiger partial charge in [-0.15, -0.1) is 12.4 Å². The van der Waals surface area contributed by atoms with Gasteiger partial charge >= 0.3 is 0 Å². The first-order chi connectivity index (χ1) is 9.42. The van der Waals surface area contributed by atoms with Crippen LogP contribution in [0.3, 0.4) is 0 Å². The summed E-state index contributed by atoms with van der Waals surface area (Å²) in [7, 11) is 0. The zero-order chi connectivity index (χ0) is 12.9. The first kappa shape index (κ1) is 14.7. The van der Waals surface area contributed by atoms with Gasteiger partial charge in [-0.3, -0.25) is 0 Å². The molecule has 102 valence electrons. The molecule has 0 radical (unpaired) electrons. The monoisotopic (exact) mass is 302 g/mol. The summed E-state index contributed by atoms with van der Waals surface area (Å²) in [5, 5.41) is 0.971. The van der Waals surface area contributed by atoms with E-state index in [1.807, 2.05) is 42.5 Å². The van der Waals surface area contributed by atoms with Crippen LogP contribution in [0.25, 0.3) is 17.1 Å². The van der Waals surface area contributed by atoms with Crippen molar-refractivity contribution in [1.29, 1.82) is 0 Å². The number of benzene rings is 2. The Morgan fingerprint density at radius 1 is 1.00 bits per heavy atom.